The number of nitrogens with zero attached hydrogens (tertiary/aromatic N) is 2. The van der Waals surface area contributed by atoms with Crippen molar-refractivity contribution in [2.24, 2.45) is 0 Å². The van der Waals surface area contributed by atoms with Crippen LogP contribution in [0.4, 0.5) is 5.69 Å². The minimum Gasteiger partial charge on any atom is -0.465 e. The fraction of sp³-hybridized carbons (Fsp3) is 0.500. The lowest BCUT2D eigenvalue weighted by Crippen LogP contribution is -2.34. The van der Waals surface area contributed by atoms with E-state index in [0.717, 1.165) is 9.99 Å². The van der Waals surface area contributed by atoms with Gasteiger partial charge in [0.1, 0.15) is 12.3 Å². The molecule has 2 rings (SSSR count). The van der Waals surface area contributed by atoms with Crippen LogP contribution < -0.4 is 4.90 Å². The van der Waals surface area contributed by atoms with Crippen molar-refractivity contribution in [3.8, 4) is 0 Å². The van der Waals surface area contributed by atoms with Crippen LogP contribution in [0.5, 0.6) is 0 Å². The molecular formula is C16H22N2O5S. The Morgan fingerprint density at radius 1 is 1.21 bits per heavy atom. The molecule has 1 fully saturated rings. The molecule has 0 N–H and O–H groups in total. The summed E-state index contributed by atoms with van der Waals surface area (Å²) in [5, 5.41) is 0. The molecule has 0 atom stereocenters. The number of carbonyl (C=O) groups is 2. The van der Waals surface area contributed by atoms with Gasteiger partial charge in [0.25, 0.3) is 0 Å². The van der Waals surface area contributed by atoms with Crippen LogP contribution in [-0.4, -0.2) is 57.8 Å². The number of Topliss-reactive ketones (excluding diaryl/α,β-unsaturated/α-hetero) is 1. The Bertz CT molecular complexity index is 690. The molecule has 0 aliphatic carbocycles. The summed E-state index contributed by atoms with van der Waals surface area (Å²) in [5.41, 5.74) is 0.884. The predicted molar refractivity (Wildman–Crippen MR) is 89.3 cm³/mol. The van der Waals surface area contributed by atoms with Gasteiger partial charge in [0.15, 0.2) is 0 Å². The van der Waals surface area contributed by atoms with E-state index in [1.165, 1.54) is 19.2 Å². The molecule has 0 spiro atoms. The van der Waals surface area contributed by atoms with Crippen molar-refractivity contribution in [1.82, 2.24) is 4.31 Å². The summed E-state index contributed by atoms with van der Waals surface area (Å²) < 4.78 is 30.7. The maximum atomic E-state index is 12.5. The largest absolute Gasteiger partial charge is 0.465 e. The van der Waals surface area contributed by atoms with Crippen molar-refractivity contribution in [1.29, 1.82) is 0 Å². The van der Waals surface area contributed by atoms with Gasteiger partial charge >= 0.3 is 5.97 Å². The van der Waals surface area contributed by atoms with Crippen LogP contribution in [0.2, 0.25) is 0 Å². The average Bonchev–Trinajstić information content (AvgIpc) is 2.56. The summed E-state index contributed by atoms with van der Waals surface area (Å²) in [6.07, 6.45) is 1.03. The minimum atomic E-state index is -3.75. The fourth-order valence-corrected chi connectivity index (χ4v) is 3.61. The summed E-state index contributed by atoms with van der Waals surface area (Å²) in [6, 6.07) is 6.48. The molecular weight excluding hydrogens is 332 g/mol. The van der Waals surface area contributed by atoms with Gasteiger partial charge < -0.3 is 9.64 Å². The lowest BCUT2D eigenvalue weighted by molar-refractivity contribution is -0.143. The van der Waals surface area contributed by atoms with Crippen molar-refractivity contribution in [3.63, 3.8) is 0 Å². The standard InChI is InChI=1S/C16H22N2O5S/c1-3-23-16(20)12-17(2)24(21,22)15-6-4-13(5-7-15)18-10-8-14(19)9-11-18/h4-7H,3,8-12H2,1-2H3. The van der Waals surface area contributed by atoms with E-state index >= 15 is 0 Å². The second-order valence-electron chi connectivity index (χ2n) is 5.59. The van der Waals surface area contributed by atoms with Gasteiger partial charge in [0, 0.05) is 38.7 Å². The molecule has 1 aliphatic rings. The Morgan fingerprint density at radius 3 is 2.33 bits per heavy atom. The van der Waals surface area contributed by atoms with Crippen molar-refractivity contribution in [3.05, 3.63) is 24.3 Å². The molecule has 132 valence electrons. The van der Waals surface area contributed by atoms with E-state index in [9.17, 15) is 18.0 Å². The monoisotopic (exact) mass is 354 g/mol. The Hall–Kier alpha value is -1.93. The summed E-state index contributed by atoms with van der Waals surface area (Å²) in [6.45, 7) is 2.84. The van der Waals surface area contributed by atoms with Gasteiger partial charge in [-0.05, 0) is 31.2 Å². The molecule has 7 nitrogen and oxygen atoms in total. The van der Waals surface area contributed by atoms with Crippen molar-refractivity contribution < 1.29 is 22.7 Å². The van der Waals surface area contributed by atoms with Crippen molar-refractivity contribution in [2.45, 2.75) is 24.7 Å². The molecule has 1 aromatic rings. The van der Waals surface area contributed by atoms with Crippen molar-refractivity contribution >= 4 is 27.5 Å². The fourth-order valence-electron chi connectivity index (χ4n) is 2.50. The van der Waals surface area contributed by atoms with Gasteiger partial charge in [0.05, 0.1) is 11.5 Å². The summed E-state index contributed by atoms with van der Waals surface area (Å²) in [7, 11) is -2.41. The number of carbonyl (C=O) groups excluding carboxylic acids is 2. The Morgan fingerprint density at radius 2 is 1.79 bits per heavy atom. The van der Waals surface area contributed by atoms with Gasteiger partial charge in [0.2, 0.25) is 10.0 Å². The molecule has 8 heteroatoms. The number of ether oxygens (including phenoxy) is 1. The third-order valence-corrected chi connectivity index (χ3v) is 5.71. The molecule has 1 aliphatic heterocycles. The lowest BCUT2D eigenvalue weighted by Gasteiger charge is -2.28. The molecule has 24 heavy (non-hydrogen) atoms. The van der Waals surface area contributed by atoms with Gasteiger partial charge in [-0.25, -0.2) is 8.42 Å². The molecule has 0 amide bonds. The summed E-state index contributed by atoms with van der Waals surface area (Å²) in [5.74, 6) is -0.329. The lowest BCUT2D eigenvalue weighted by atomic mass is 10.1. The van der Waals surface area contributed by atoms with Crippen LogP contribution in [0, 0.1) is 0 Å². The number of sulfonamides is 1. The number of benzene rings is 1. The Labute approximate surface area is 142 Å². The smallest absolute Gasteiger partial charge is 0.321 e. The van der Waals surface area contributed by atoms with Crippen LogP contribution in [0.3, 0.4) is 0 Å². The number of piperidine rings is 1. The highest BCUT2D eigenvalue weighted by molar-refractivity contribution is 7.89. The highest BCUT2D eigenvalue weighted by Crippen LogP contribution is 2.22. The molecule has 1 saturated heterocycles. The van der Waals surface area contributed by atoms with E-state index in [-0.39, 0.29) is 23.8 Å². The van der Waals surface area contributed by atoms with Gasteiger partial charge in [-0.15, -0.1) is 0 Å². The summed E-state index contributed by atoms with van der Waals surface area (Å²) >= 11 is 0. The molecule has 0 aromatic heterocycles. The van der Waals surface area contributed by atoms with E-state index in [2.05, 4.69) is 4.90 Å². The van der Waals surface area contributed by atoms with E-state index in [1.54, 1.807) is 19.1 Å². The van der Waals surface area contributed by atoms with Gasteiger partial charge in [-0.1, -0.05) is 0 Å². The van der Waals surface area contributed by atoms with E-state index in [1.807, 2.05) is 0 Å². The Kier molecular flexibility index (Phi) is 5.95. The number of rotatable bonds is 6. The maximum Gasteiger partial charge on any atom is 0.321 e. The van der Waals surface area contributed by atoms with Crippen molar-refractivity contribution in [2.75, 3.05) is 38.2 Å². The van der Waals surface area contributed by atoms with Crippen LogP contribution >= 0.6 is 0 Å². The minimum absolute atomic E-state index is 0.117. The highest BCUT2D eigenvalue weighted by atomic mass is 32.2. The normalized spacial score (nSPS) is 15.6. The second-order valence-corrected chi connectivity index (χ2v) is 7.63. The predicted octanol–water partition coefficient (Wildman–Crippen LogP) is 1.04. The number of hydrogen-bond donors (Lipinski definition) is 0. The number of ketones is 1. The first kappa shape index (κ1) is 18.4. The first-order valence-electron chi connectivity index (χ1n) is 7.83. The number of esters is 1. The third kappa shape index (κ3) is 4.33. The third-order valence-electron chi connectivity index (χ3n) is 3.89. The SMILES string of the molecule is CCOC(=O)CN(C)S(=O)(=O)c1ccc(N2CCC(=O)CC2)cc1. The van der Waals surface area contributed by atoms with Crippen LogP contribution in [0.15, 0.2) is 29.2 Å². The van der Waals surface area contributed by atoms with Gasteiger partial charge in [-0.3, -0.25) is 9.59 Å². The quantitative estimate of drug-likeness (QED) is 0.710. The Balaban J connectivity index is 2.08. The topological polar surface area (TPSA) is 84.0 Å². The van der Waals surface area contributed by atoms with E-state index < -0.39 is 16.0 Å². The summed E-state index contributed by atoms with van der Waals surface area (Å²) in [4.78, 5) is 24.9. The first-order chi connectivity index (χ1) is 11.3. The van der Waals surface area contributed by atoms with E-state index in [4.69, 9.17) is 4.74 Å². The molecule has 0 saturated carbocycles. The number of likely N-dealkylation sites (N-methyl/N-ethyl adjacent to an activating group) is 1. The highest BCUT2D eigenvalue weighted by Gasteiger charge is 2.24. The molecule has 1 heterocycles. The van der Waals surface area contributed by atoms with Crippen LogP contribution in [-0.2, 0) is 24.3 Å². The van der Waals surface area contributed by atoms with E-state index in [0.29, 0.717) is 25.9 Å². The zero-order valence-corrected chi connectivity index (χ0v) is 14.7. The van der Waals surface area contributed by atoms with Crippen LogP contribution in [0.25, 0.3) is 0 Å². The molecule has 0 radical (unpaired) electrons. The van der Waals surface area contributed by atoms with Crippen LogP contribution in [0.1, 0.15) is 19.8 Å². The zero-order valence-electron chi connectivity index (χ0n) is 13.9. The zero-order chi connectivity index (χ0) is 17.7. The number of hydrogen-bond acceptors (Lipinski definition) is 6. The average molecular weight is 354 g/mol. The van der Waals surface area contributed by atoms with Gasteiger partial charge in [-0.2, -0.15) is 4.31 Å². The molecule has 0 bridgehead atoms. The maximum absolute atomic E-state index is 12.5. The second kappa shape index (κ2) is 7.76. The number of anilines is 1. The molecule has 0 unspecified atom stereocenters. The molecule has 1 aromatic carbocycles. The first-order valence-corrected chi connectivity index (χ1v) is 9.27.